The molecule has 360 valence electrons. The van der Waals surface area contributed by atoms with Crippen molar-refractivity contribution in [3.63, 3.8) is 0 Å². The molecule has 6 heterocycles. The van der Waals surface area contributed by atoms with Crippen molar-refractivity contribution in [1.29, 1.82) is 0 Å². The lowest BCUT2D eigenvalue weighted by Crippen LogP contribution is -2.63. The molecule has 5 aliphatic rings. The first-order valence-electron chi connectivity index (χ1n) is 23.9. The fraction of sp³-hybridized carbons (Fsp3) is 0.653. The number of methoxy groups -OCH3 is 1. The number of rotatable bonds is 11. The van der Waals surface area contributed by atoms with E-state index in [1.54, 1.807) is 27.9 Å². The average molecular weight is 931 g/mol. The molecule has 0 radical (unpaired) electrons. The molecule has 16 nitrogen and oxygen atoms in total. The van der Waals surface area contributed by atoms with Crippen molar-refractivity contribution >= 4 is 51.4 Å². The third-order valence-electron chi connectivity index (χ3n) is 13.4. The number of pyridine rings is 1. The summed E-state index contributed by atoms with van der Waals surface area (Å²) in [5.41, 5.74) is 9.37. The number of hydrogen-bond donors (Lipinski definition) is 2. The van der Waals surface area contributed by atoms with Crippen LogP contribution >= 0.6 is 11.8 Å². The third kappa shape index (κ3) is 10.7. The summed E-state index contributed by atoms with van der Waals surface area (Å²) in [4.78, 5) is 57.4. The molecular weight excluding hydrogens is 861 g/mol. The summed E-state index contributed by atoms with van der Waals surface area (Å²) < 4.78 is 33.0. The van der Waals surface area contributed by atoms with Crippen LogP contribution in [0.4, 0.5) is 10.5 Å². The van der Waals surface area contributed by atoms with Gasteiger partial charge in [0.1, 0.15) is 28.8 Å². The highest BCUT2D eigenvalue weighted by atomic mass is 32.2. The normalized spacial score (nSPS) is 24.4. The van der Waals surface area contributed by atoms with E-state index in [1.807, 2.05) is 13.1 Å². The summed E-state index contributed by atoms with van der Waals surface area (Å²) in [5.74, 6) is -0.239. The van der Waals surface area contributed by atoms with Crippen molar-refractivity contribution in [3.8, 4) is 11.3 Å². The number of hydrogen-bond acceptors (Lipinski definition) is 14. The highest BCUT2D eigenvalue weighted by Gasteiger charge is 2.47. The van der Waals surface area contributed by atoms with E-state index in [4.69, 9.17) is 33.7 Å². The predicted molar refractivity (Wildman–Crippen MR) is 257 cm³/mol. The van der Waals surface area contributed by atoms with Crippen LogP contribution in [0.5, 0.6) is 0 Å². The van der Waals surface area contributed by atoms with E-state index in [0.29, 0.717) is 49.8 Å². The van der Waals surface area contributed by atoms with Crippen LogP contribution in [-0.4, -0.2) is 145 Å². The largest absolute Gasteiger partial charge is 0.464 e. The molecule has 4 aliphatic heterocycles. The van der Waals surface area contributed by atoms with Crippen molar-refractivity contribution in [2.75, 3.05) is 77.4 Å². The number of anilines is 1. The number of ether oxygens (including phenoxy) is 5. The molecule has 3 fully saturated rings. The van der Waals surface area contributed by atoms with Gasteiger partial charge >= 0.3 is 12.1 Å². The van der Waals surface area contributed by atoms with E-state index in [2.05, 4.69) is 77.2 Å². The maximum absolute atomic E-state index is 14.6. The van der Waals surface area contributed by atoms with Crippen LogP contribution in [0, 0.1) is 5.41 Å². The summed E-state index contributed by atoms with van der Waals surface area (Å²) in [6, 6.07) is 6.75. The molecule has 2 saturated heterocycles. The monoisotopic (exact) mass is 931 g/mol. The van der Waals surface area contributed by atoms with Crippen molar-refractivity contribution in [2.24, 2.45) is 10.4 Å². The zero-order valence-corrected chi connectivity index (χ0v) is 41.1. The number of alkyl carbamates (subject to hydrolysis) is 1. The SMILES string of the molecule is CCO[C@@H]1C2=NC(CS2)c2ccc3c(c2)c(c(-c2cc(N4CCN(C)CC4)cnc2[C@H](C)OC)n3CCOC(C)C)CC2(CC2)COC(=O)[C@@H]2CCCN(N2)C(=O)[C@H]1NC(=O)OC(C)(C)C. The van der Waals surface area contributed by atoms with Gasteiger partial charge in [-0.1, -0.05) is 6.07 Å². The first-order chi connectivity index (χ1) is 31.6. The second-order valence-corrected chi connectivity index (χ2v) is 20.9. The van der Waals surface area contributed by atoms with Gasteiger partial charge in [-0.3, -0.25) is 24.6 Å². The Morgan fingerprint density at radius 1 is 1.09 bits per heavy atom. The number of fused-ring (bicyclic) bond motifs is 5. The number of aromatic nitrogens is 2. The van der Waals surface area contributed by atoms with E-state index in [1.165, 1.54) is 22.3 Å². The number of benzene rings is 1. The Bertz CT molecular complexity index is 2280. The zero-order chi connectivity index (χ0) is 46.9. The molecular formula is C49H70N8O8S. The van der Waals surface area contributed by atoms with Crippen LogP contribution in [0.1, 0.15) is 103 Å². The highest BCUT2D eigenvalue weighted by Crippen LogP contribution is 2.52. The Labute approximate surface area is 393 Å². The number of aliphatic imine (C=N–C) groups is 1. The fourth-order valence-corrected chi connectivity index (χ4v) is 10.7. The Kier molecular flexibility index (Phi) is 14.7. The number of nitrogens with zero attached hydrogens (tertiary/aromatic N) is 6. The lowest BCUT2D eigenvalue weighted by atomic mass is 9.91. The molecule has 3 aromatic rings. The number of hydrazine groups is 1. The molecule has 1 saturated carbocycles. The van der Waals surface area contributed by atoms with Crippen molar-refractivity contribution in [3.05, 3.63) is 47.3 Å². The van der Waals surface area contributed by atoms with Gasteiger partial charge in [0.2, 0.25) is 0 Å². The number of carbonyl (C=O) groups excluding carboxylic acids is 3. The molecule has 1 unspecified atom stereocenters. The molecule has 1 spiro atoms. The predicted octanol–water partition coefficient (Wildman–Crippen LogP) is 6.45. The van der Waals surface area contributed by atoms with Crippen LogP contribution in [0.3, 0.4) is 0 Å². The molecule has 1 aliphatic carbocycles. The number of esters is 1. The smallest absolute Gasteiger partial charge is 0.408 e. The van der Waals surface area contributed by atoms with E-state index in [9.17, 15) is 14.4 Å². The van der Waals surface area contributed by atoms with Crippen LogP contribution in [-0.2, 0) is 46.2 Å². The molecule has 6 bridgehead atoms. The maximum Gasteiger partial charge on any atom is 0.408 e. The quantitative estimate of drug-likeness (QED) is 0.202. The lowest BCUT2D eigenvalue weighted by Gasteiger charge is -2.37. The summed E-state index contributed by atoms with van der Waals surface area (Å²) in [6.07, 6.45) is 3.63. The topological polar surface area (TPSA) is 161 Å². The van der Waals surface area contributed by atoms with Gasteiger partial charge in [0.05, 0.1) is 54.7 Å². The van der Waals surface area contributed by atoms with Crippen LogP contribution in [0.25, 0.3) is 22.2 Å². The van der Waals surface area contributed by atoms with Gasteiger partial charge in [0.15, 0.2) is 0 Å². The minimum absolute atomic E-state index is 0.0560. The second-order valence-electron chi connectivity index (χ2n) is 19.9. The van der Waals surface area contributed by atoms with Crippen molar-refractivity contribution in [1.82, 2.24) is 30.2 Å². The van der Waals surface area contributed by atoms with E-state index >= 15 is 0 Å². The van der Waals surface area contributed by atoms with Gasteiger partial charge in [-0.15, -0.1) is 11.8 Å². The van der Waals surface area contributed by atoms with E-state index in [0.717, 1.165) is 78.1 Å². The second kappa shape index (κ2) is 20.1. The van der Waals surface area contributed by atoms with Gasteiger partial charge in [-0.05, 0) is 117 Å². The molecule has 2 N–H and O–H groups in total. The van der Waals surface area contributed by atoms with Gasteiger partial charge < -0.3 is 43.4 Å². The number of nitrogens with one attached hydrogen (secondary N) is 2. The maximum atomic E-state index is 14.6. The Morgan fingerprint density at radius 3 is 2.56 bits per heavy atom. The minimum atomic E-state index is -1.20. The van der Waals surface area contributed by atoms with Gasteiger partial charge in [-0.2, -0.15) is 0 Å². The van der Waals surface area contributed by atoms with Crippen molar-refractivity contribution < 1.29 is 38.1 Å². The summed E-state index contributed by atoms with van der Waals surface area (Å²) in [7, 11) is 3.89. The van der Waals surface area contributed by atoms with Crippen LogP contribution in [0.2, 0.25) is 0 Å². The fourth-order valence-electron chi connectivity index (χ4n) is 9.52. The molecule has 2 aromatic heterocycles. The lowest BCUT2D eigenvalue weighted by molar-refractivity contribution is -0.154. The number of likely N-dealkylation sites (N-methyl/N-ethyl adjacent to an activating group) is 1. The van der Waals surface area contributed by atoms with Gasteiger partial charge in [0, 0.05) is 80.6 Å². The van der Waals surface area contributed by atoms with Crippen LogP contribution in [0.15, 0.2) is 35.5 Å². The number of piperazine rings is 1. The summed E-state index contributed by atoms with van der Waals surface area (Å²) >= 11 is 1.53. The third-order valence-corrected chi connectivity index (χ3v) is 14.5. The Balaban J connectivity index is 1.30. The number of carbonyl (C=O) groups is 3. The molecule has 66 heavy (non-hydrogen) atoms. The number of cyclic esters (lactones) is 1. The van der Waals surface area contributed by atoms with Gasteiger partial charge in [0.25, 0.3) is 5.91 Å². The average Bonchev–Trinajstić information content (AvgIpc) is 3.76. The van der Waals surface area contributed by atoms with Crippen LogP contribution < -0.4 is 15.6 Å². The molecule has 8 rings (SSSR count). The Hall–Kier alpha value is -4.26. The number of amides is 2. The highest BCUT2D eigenvalue weighted by molar-refractivity contribution is 8.14. The van der Waals surface area contributed by atoms with E-state index < -0.39 is 41.8 Å². The molecule has 5 atom stereocenters. The summed E-state index contributed by atoms with van der Waals surface area (Å²) in [5, 5.41) is 5.99. The minimum Gasteiger partial charge on any atom is -0.464 e. The first-order valence-corrected chi connectivity index (χ1v) is 24.8. The number of thioether (sulfide) groups is 1. The molecule has 17 heteroatoms. The van der Waals surface area contributed by atoms with E-state index in [-0.39, 0.29) is 36.9 Å². The summed E-state index contributed by atoms with van der Waals surface area (Å²) in [6.45, 7) is 19.0. The molecule has 2 amide bonds. The van der Waals surface area contributed by atoms with Gasteiger partial charge in [-0.25, -0.2) is 10.2 Å². The van der Waals surface area contributed by atoms with Crippen molar-refractivity contribution in [2.45, 2.75) is 129 Å². The standard InChI is InChI=1S/C49H70N8O8S/c1-10-62-43-41(52-47(60)65-48(5,6)7)45(58)57-17-11-12-37(53-57)46(59)64-29-49(15-16-49)26-36-34-24-32(38-28-66-44(43)51-38)13-14-39(34)56(22-23-63-30(2)3)42(36)35-25-33(27-50-40(35)31(4)61-9)55-20-18-54(8)19-21-55/h13-14,24-25,27,30-31,37-38,41,43,53H,10-12,15-23,26,28-29H2,1-9H3,(H,52,60)/t31-,37-,38?,41-,43-/m0/s1. The molecule has 1 aromatic carbocycles. The zero-order valence-electron chi connectivity index (χ0n) is 40.3. The first kappa shape index (κ1) is 48.2. The Morgan fingerprint density at radius 2 is 1.86 bits per heavy atom.